The van der Waals surface area contributed by atoms with Gasteiger partial charge in [-0.25, -0.2) is 0 Å². The number of hydrogen-bond acceptors (Lipinski definition) is 2. The van der Waals surface area contributed by atoms with Crippen LogP contribution in [0.3, 0.4) is 0 Å². The minimum absolute atomic E-state index is 0.385. The average molecular weight is 208 g/mol. The smallest absolute Gasteiger partial charge is 0.246 e. The lowest BCUT2D eigenvalue weighted by Gasteiger charge is -2.20. The molecule has 0 saturated heterocycles. The molecule has 2 nitrogen and oxygen atoms in total. The van der Waals surface area contributed by atoms with Crippen LogP contribution in [0.5, 0.6) is 0 Å². The number of hydrogen-bond donors (Lipinski definition) is 0. The van der Waals surface area contributed by atoms with Gasteiger partial charge in [0.2, 0.25) is 5.24 Å². The van der Waals surface area contributed by atoms with Crippen molar-refractivity contribution in [3.8, 4) is 6.07 Å². The maximum atomic E-state index is 11.3. The number of carbonyl (C=O) groups excluding carboxylic acids is 1. The summed E-state index contributed by atoms with van der Waals surface area (Å²) in [5.74, 6) is 0. The molecule has 0 radical (unpaired) electrons. The Morgan fingerprint density at radius 1 is 1.50 bits per heavy atom. The Labute approximate surface area is 88.1 Å². The van der Waals surface area contributed by atoms with E-state index in [1.54, 1.807) is 31.2 Å². The molecular weight excluding hydrogens is 198 g/mol. The van der Waals surface area contributed by atoms with E-state index < -0.39 is 10.7 Å². The summed E-state index contributed by atoms with van der Waals surface area (Å²) in [6.45, 7) is 1.77. The number of halogens is 1. The van der Waals surface area contributed by atoms with Crippen molar-refractivity contribution < 1.29 is 4.79 Å². The van der Waals surface area contributed by atoms with Crippen LogP contribution in [0.1, 0.15) is 18.9 Å². The summed E-state index contributed by atoms with van der Waals surface area (Å²) in [4.78, 5) is 11.3. The van der Waals surface area contributed by atoms with Crippen molar-refractivity contribution in [2.75, 3.05) is 0 Å². The first-order valence-electron chi connectivity index (χ1n) is 4.34. The third-order valence-corrected chi connectivity index (χ3v) is 2.65. The van der Waals surface area contributed by atoms with Crippen molar-refractivity contribution in [1.82, 2.24) is 0 Å². The third kappa shape index (κ3) is 1.64. The van der Waals surface area contributed by atoms with Crippen LogP contribution in [-0.4, -0.2) is 5.24 Å². The zero-order valence-electron chi connectivity index (χ0n) is 7.83. The van der Waals surface area contributed by atoms with Crippen LogP contribution in [0, 0.1) is 11.3 Å². The van der Waals surface area contributed by atoms with E-state index in [1.165, 1.54) is 0 Å². The summed E-state index contributed by atoms with van der Waals surface area (Å²) in [6, 6.07) is 10.9. The molecule has 0 fully saturated rings. The molecule has 1 rings (SSSR count). The Balaban J connectivity index is 3.27. The maximum absolute atomic E-state index is 11.3. The van der Waals surface area contributed by atoms with Gasteiger partial charge in [-0.3, -0.25) is 4.79 Å². The average Bonchev–Trinajstić information content (AvgIpc) is 2.22. The lowest BCUT2D eigenvalue weighted by molar-refractivity contribution is -0.115. The van der Waals surface area contributed by atoms with Crippen molar-refractivity contribution in [3.05, 3.63) is 35.9 Å². The second-order valence-electron chi connectivity index (χ2n) is 3.01. The van der Waals surface area contributed by atoms with E-state index in [0.717, 1.165) is 0 Å². The van der Waals surface area contributed by atoms with Crippen LogP contribution in [0.4, 0.5) is 0 Å². The Kier molecular flexibility index (Phi) is 3.27. The highest BCUT2D eigenvalue weighted by molar-refractivity contribution is 6.66. The summed E-state index contributed by atoms with van der Waals surface area (Å²) >= 11 is 5.47. The van der Waals surface area contributed by atoms with Gasteiger partial charge in [0.1, 0.15) is 0 Å². The molecule has 0 bridgehead atoms. The largest absolute Gasteiger partial charge is 0.279 e. The molecular formula is C11H10ClNO. The van der Waals surface area contributed by atoms with Crippen LogP contribution < -0.4 is 0 Å². The van der Waals surface area contributed by atoms with Gasteiger partial charge in [-0.05, 0) is 23.6 Å². The van der Waals surface area contributed by atoms with E-state index >= 15 is 0 Å². The van der Waals surface area contributed by atoms with Gasteiger partial charge >= 0.3 is 0 Å². The molecule has 0 unspecified atom stereocenters. The van der Waals surface area contributed by atoms with Gasteiger partial charge in [0.25, 0.3) is 0 Å². The number of nitrogens with zero attached hydrogens (tertiary/aromatic N) is 1. The quantitative estimate of drug-likeness (QED) is 0.715. The monoisotopic (exact) mass is 207 g/mol. The standard InChI is InChI=1S/C11H10ClNO/c1-2-11(8-13,10(12)14)9-6-4-3-5-7-9/h3-7H,2H2,1H3/t11-/m0/s1. The predicted molar refractivity (Wildman–Crippen MR) is 54.9 cm³/mol. The second kappa shape index (κ2) is 4.26. The van der Waals surface area contributed by atoms with Crippen LogP contribution >= 0.6 is 11.6 Å². The minimum atomic E-state index is -1.19. The van der Waals surface area contributed by atoms with Crippen molar-refractivity contribution in [2.24, 2.45) is 0 Å². The number of carbonyl (C=O) groups is 1. The molecule has 1 aromatic carbocycles. The molecule has 3 heteroatoms. The van der Waals surface area contributed by atoms with E-state index in [-0.39, 0.29) is 0 Å². The highest BCUT2D eigenvalue weighted by Crippen LogP contribution is 2.29. The summed E-state index contributed by atoms with van der Waals surface area (Å²) in [7, 11) is 0. The van der Waals surface area contributed by atoms with E-state index in [0.29, 0.717) is 12.0 Å². The van der Waals surface area contributed by atoms with E-state index in [4.69, 9.17) is 16.9 Å². The summed E-state index contributed by atoms with van der Waals surface area (Å²) < 4.78 is 0. The SMILES string of the molecule is CC[C@@](C#N)(C(=O)Cl)c1ccccc1. The van der Waals surface area contributed by atoms with Gasteiger partial charge in [-0.1, -0.05) is 37.3 Å². The second-order valence-corrected chi connectivity index (χ2v) is 3.35. The minimum Gasteiger partial charge on any atom is -0.279 e. The summed E-state index contributed by atoms with van der Waals surface area (Å²) in [6.07, 6.45) is 0.385. The number of rotatable bonds is 3. The zero-order chi connectivity index (χ0) is 10.6. The van der Waals surface area contributed by atoms with Gasteiger partial charge < -0.3 is 0 Å². The lowest BCUT2D eigenvalue weighted by Crippen LogP contribution is -2.30. The van der Waals surface area contributed by atoms with E-state index in [2.05, 4.69) is 0 Å². The van der Waals surface area contributed by atoms with Gasteiger partial charge in [-0.2, -0.15) is 5.26 Å². The van der Waals surface area contributed by atoms with Crippen molar-refractivity contribution in [1.29, 1.82) is 5.26 Å². The molecule has 0 N–H and O–H groups in total. The number of nitriles is 1. The van der Waals surface area contributed by atoms with Crippen molar-refractivity contribution in [2.45, 2.75) is 18.8 Å². The highest BCUT2D eigenvalue weighted by atomic mass is 35.5. The molecule has 1 aromatic rings. The Bertz CT molecular complexity index is 369. The molecule has 72 valence electrons. The first kappa shape index (κ1) is 10.7. The fraction of sp³-hybridized carbons (Fsp3) is 0.273. The molecule has 0 aliphatic heterocycles. The first-order chi connectivity index (χ1) is 6.67. The highest BCUT2D eigenvalue weighted by Gasteiger charge is 2.37. The van der Waals surface area contributed by atoms with Crippen molar-refractivity contribution >= 4 is 16.8 Å². The van der Waals surface area contributed by atoms with Gasteiger partial charge in [-0.15, -0.1) is 0 Å². The summed E-state index contributed by atoms with van der Waals surface area (Å²) in [5.41, 5.74) is -0.534. The zero-order valence-corrected chi connectivity index (χ0v) is 8.58. The maximum Gasteiger partial charge on any atom is 0.246 e. The van der Waals surface area contributed by atoms with Gasteiger partial charge in [0.05, 0.1) is 6.07 Å². The molecule has 0 aromatic heterocycles. The molecule has 14 heavy (non-hydrogen) atoms. The van der Waals surface area contributed by atoms with Crippen molar-refractivity contribution in [3.63, 3.8) is 0 Å². The van der Waals surface area contributed by atoms with E-state index in [1.807, 2.05) is 12.1 Å². The molecule has 0 saturated carbocycles. The predicted octanol–water partition coefficient (Wildman–Crippen LogP) is 2.62. The Hall–Kier alpha value is -1.33. The van der Waals surface area contributed by atoms with E-state index in [9.17, 15) is 4.79 Å². The fourth-order valence-electron chi connectivity index (χ4n) is 1.37. The van der Waals surface area contributed by atoms with Crippen LogP contribution in [-0.2, 0) is 10.2 Å². The Morgan fingerprint density at radius 2 is 2.07 bits per heavy atom. The molecule has 0 aliphatic carbocycles. The molecule has 0 spiro atoms. The van der Waals surface area contributed by atoms with Crippen LogP contribution in [0.25, 0.3) is 0 Å². The lowest BCUT2D eigenvalue weighted by atomic mass is 9.81. The fourth-order valence-corrected chi connectivity index (χ4v) is 1.65. The normalized spacial score (nSPS) is 14.1. The Morgan fingerprint density at radius 3 is 2.43 bits per heavy atom. The number of benzene rings is 1. The first-order valence-corrected chi connectivity index (χ1v) is 4.72. The van der Waals surface area contributed by atoms with Gasteiger partial charge in [0.15, 0.2) is 5.41 Å². The third-order valence-electron chi connectivity index (χ3n) is 2.32. The molecule has 0 aliphatic rings. The van der Waals surface area contributed by atoms with Gasteiger partial charge in [0, 0.05) is 0 Å². The summed E-state index contributed by atoms with van der Waals surface area (Å²) in [5, 5.41) is 8.43. The molecule has 0 amide bonds. The molecule has 0 heterocycles. The van der Waals surface area contributed by atoms with Crippen LogP contribution in [0.2, 0.25) is 0 Å². The molecule has 1 atom stereocenters. The topological polar surface area (TPSA) is 40.9 Å². The van der Waals surface area contributed by atoms with Crippen LogP contribution in [0.15, 0.2) is 30.3 Å².